The van der Waals surface area contributed by atoms with Crippen molar-refractivity contribution in [3.8, 4) is 0 Å². The summed E-state index contributed by atoms with van der Waals surface area (Å²) < 4.78 is 24.4. The second-order valence-corrected chi connectivity index (χ2v) is 4.52. The number of hydrogen-bond donors (Lipinski definition) is 1. The highest BCUT2D eigenvalue weighted by Crippen LogP contribution is 2.36. The van der Waals surface area contributed by atoms with E-state index in [1.165, 1.54) is 12.2 Å². The van der Waals surface area contributed by atoms with Crippen LogP contribution in [0.2, 0.25) is 0 Å². The standard InChI is InChI=1S/C11H13NO5S/c1-2-8(13)11(6-4-3-5-7-11)9(10(14)15)12-18(16)17/h3-6,9H,2,7H2,1H3,(H,14,15)/t9-,11?/m0/s1. The van der Waals surface area contributed by atoms with Crippen molar-refractivity contribution < 1.29 is 23.1 Å². The van der Waals surface area contributed by atoms with Crippen LogP contribution in [0, 0.1) is 5.41 Å². The smallest absolute Gasteiger partial charge is 0.331 e. The quantitative estimate of drug-likeness (QED) is 0.803. The Morgan fingerprint density at radius 2 is 2.11 bits per heavy atom. The van der Waals surface area contributed by atoms with Crippen molar-refractivity contribution in [2.75, 3.05) is 0 Å². The molecule has 1 aliphatic carbocycles. The molecule has 0 aromatic rings. The van der Waals surface area contributed by atoms with Crippen LogP contribution in [0.3, 0.4) is 0 Å². The number of nitrogens with zero attached hydrogens (tertiary/aromatic N) is 1. The van der Waals surface area contributed by atoms with Crippen molar-refractivity contribution in [2.24, 2.45) is 9.78 Å². The second kappa shape index (κ2) is 5.72. The lowest BCUT2D eigenvalue weighted by molar-refractivity contribution is -0.144. The van der Waals surface area contributed by atoms with Crippen LogP contribution in [-0.4, -0.2) is 31.3 Å². The van der Waals surface area contributed by atoms with E-state index in [0.29, 0.717) is 0 Å². The van der Waals surface area contributed by atoms with Gasteiger partial charge < -0.3 is 5.11 Å². The molecule has 0 saturated heterocycles. The first kappa shape index (κ1) is 14.3. The summed E-state index contributed by atoms with van der Waals surface area (Å²) in [5.41, 5.74) is -1.41. The maximum absolute atomic E-state index is 12.0. The molecule has 0 aromatic heterocycles. The zero-order valence-electron chi connectivity index (χ0n) is 9.74. The van der Waals surface area contributed by atoms with Gasteiger partial charge in [0.1, 0.15) is 5.78 Å². The van der Waals surface area contributed by atoms with Crippen LogP contribution in [0.1, 0.15) is 19.8 Å². The third-order valence-electron chi connectivity index (χ3n) is 2.85. The van der Waals surface area contributed by atoms with Crippen LogP contribution < -0.4 is 0 Å². The molecule has 0 bridgehead atoms. The van der Waals surface area contributed by atoms with Gasteiger partial charge in [-0.1, -0.05) is 31.2 Å². The van der Waals surface area contributed by atoms with Crippen molar-refractivity contribution in [1.82, 2.24) is 0 Å². The maximum atomic E-state index is 12.0. The molecular weight excluding hydrogens is 258 g/mol. The summed E-state index contributed by atoms with van der Waals surface area (Å²) in [5, 5.41) is 9.11. The SMILES string of the molecule is CCC(=O)C1([C@@H](N=S(=O)=O)C(=O)O)C=CC=CC1. The molecule has 6 nitrogen and oxygen atoms in total. The van der Waals surface area contributed by atoms with Crippen LogP contribution in [0.15, 0.2) is 28.7 Å². The lowest BCUT2D eigenvalue weighted by Crippen LogP contribution is -2.44. The van der Waals surface area contributed by atoms with E-state index in [4.69, 9.17) is 5.11 Å². The Morgan fingerprint density at radius 1 is 1.44 bits per heavy atom. The van der Waals surface area contributed by atoms with Gasteiger partial charge in [-0.05, 0) is 6.42 Å². The zero-order chi connectivity index (χ0) is 13.8. The molecule has 7 heteroatoms. The predicted octanol–water partition coefficient (Wildman–Crippen LogP) is 0.984. The summed E-state index contributed by atoms with van der Waals surface area (Å²) in [7, 11) is -2.88. The monoisotopic (exact) mass is 271 g/mol. The largest absolute Gasteiger partial charge is 0.480 e. The van der Waals surface area contributed by atoms with Gasteiger partial charge in [0.25, 0.3) is 0 Å². The fourth-order valence-corrected chi connectivity index (χ4v) is 2.42. The highest BCUT2D eigenvalue weighted by Gasteiger charge is 2.46. The minimum atomic E-state index is -2.88. The number of carbonyl (C=O) groups excluding carboxylic acids is 1. The zero-order valence-corrected chi connectivity index (χ0v) is 10.6. The molecule has 0 aromatic carbocycles. The van der Waals surface area contributed by atoms with E-state index < -0.39 is 27.9 Å². The molecule has 18 heavy (non-hydrogen) atoms. The van der Waals surface area contributed by atoms with Crippen molar-refractivity contribution in [1.29, 1.82) is 0 Å². The Bertz CT molecular complexity index is 538. The molecule has 1 aliphatic rings. The van der Waals surface area contributed by atoms with Gasteiger partial charge in [-0.25, -0.2) is 4.79 Å². The average molecular weight is 271 g/mol. The van der Waals surface area contributed by atoms with E-state index >= 15 is 0 Å². The van der Waals surface area contributed by atoms with Gasteiger partial charge in [-0.2, -0.15) is 12.8 Å². The summed E-state index contributed by atoms with van der Waals surface area (Å²) in [5.74, 6) is -1.77. The molecule has 0 heterocycles. The molecule has 0 aliphatic heterocycles. The van der Waals surface area contributed by atoms with Gasteiger partial charge in [0.05, 0.1) is 5.41 Å². The second-order valence-electron chi connectivity index (χ2n) is 3.87. The summed E-state index contributed by atoms with van der Waals surface area (Å²) >= 11 is 0. The lowest BCUT2D eigenvalue weighted by atomic mass is 9.71. The Kier molecular flexibility index (Phi) is 4.55. The molecule has 1 rings (SSSR count). The first-order valence-electron chi connectivity index (χ1n) is 5.34. The molecule has 2 atom stereocenters. The summed E-state index contributed by atoms with van der Waals surface area (Å²) in [6.07, 6.45) is 6.52. The molecule has 98 valence electrons. The van der Waals surface area contributed by atoms with E-state index in [0.717, 1.165) is 0 Å². The minimum Gasteiger partial charge on any atom is -0.480 e. The van der Waals surface area contributed by atoms with Gasteiger partial charge in [-0.15, -0.1) is 0 Å². The normalized spacial score (nSPS) is 23.4. The van der Waals surface area contributed by atoms with Crippen LogP contribution in [0.5, 0.6) is 0 Å². The number of aliphatic carboxylic acids is 1. The first-order valence-corrected chi connectivity index (χ1v) is 6.38. The van der Waals surface area contributed by atoms with E-state index in [-0.39, 0.29) is 18.6 Å². The predicted molar refractivity (Wildman–Crippen MR) is 63.4 cm³/mol. The first-order chi connectivity index (χ1) is 8.44. The van der Waals surface area contributed by atoms with E-state index in [9.17, 15) is 18.0 Å². The van der Waals surface area contributed by atoms with Crippen LogP contribution in [-0.2, 0) is 20.1 Å². The topological polar surface area (TPSA) is 101 Å². The van der Waals surface area contributed by atoms with Crippen LogP contribution in [0.25, 0.3) is 0 Å². The number of allylic oxidation sites excluding steroid dienone is 3. The Hall–Kier alpha value is -1.76. The minimum absolute atomic E-state index is 0.114. The summed E-state index contributed by atoms with van der Waals surface area (Å²) in [6, 6.07) is -1.62. The molecule has 0 amide bonds. The fraction of sp³-hybridized carbons (Fsp3) is 0.455. The summed E-state index contributed by atoms with van der Waals surface area (Å²) in [6.45, 7) is 1.60. The average Bonchev–Trinajstić information content (AvgIpc) is 2.35. The Morgan fingerprint density at radius 3 is 2.50 bits per heavy atom. The van der Waals surface area contributed by atoms with Gasteiger partial charge in [0, 0.05) is 6.42 Å². The molecule has 0 spiro atoms. The van der Waals surface area contributed by atoms with E-state index in [1.807, 2.05) is 0 Å². The fourth-order valence-electron chi connectivity index (χ4n) is 1.97. The number of carboxylic acid groups (broad SMARTS) is 1. The highest BCUT2D eigenvalue weighted by atomic mass is 32.2. The van der Waals surface area contributed by atoms with Gasteiger partial charge in [0.2, 0.25) is 0 Å². The van der Waals surface area contributed by atoms with Crippen molar-refractivity contribution in [2.45, 2.75) is 25.8 Å². The van der Waals surface area contributed by atoms with Crippen molar-refractivity contribution >= 4 is 22.3 Å². The third-order valence-corrected chi connectivity index (χ3v) is 3.23. The van der Waals surface area contributed by atoms with Crippen LogP contribution >= 0.6 is 0 Å². The summed E-state index contributed by atoms with van der Waals surface area (Å²) in [4.78, 5) is 23.2. The van der Waals surface area contributed by atoms with Crippen molar-refractivity contribution in [3.05, 3.63) is 24.3 Å². The number of carboxylic acids is 1. The molecule has 1 unspecified atom stereocenters. The van der Waals surface area contributed by atoms with Gasteiger partial charge in [-0.3, -0.25) is 4.79 Å². The lowest BCUT2D eigenvalue weighted by Gasteiger charge is -2.31. The molecule has 0 radical (unpaired) electrons. The highest BCUT2D eigenvalue weighted by molar-refractivity contribution is 7.61. The molecule has 0 saturated carbocycles. The van der Waals surface area contributed by atoms with Gasteiger partial charge >= 0.3 is 16.5 Å². The number of carbonyl (C=O) groups is 2. The number of Topliss-reactive ketones (excluding diaryl/α,β-unsaturated/α-hetero) is 1. The van der Waals surface area contributed by atoms with E-state index in [1.54, 1.807) is 19.1 Å². The third kappa shape index (κ3) is 2.73. The Balaban J connectivity index is 3.37. The van der Waals surface area contributed by atoms with Crippen LogP contribution in [0.4, 0.5) is 0 Å². The van der Waals surface area contributed by atoms with Crippen molar-refractivity contribution in [3.63, 3.8) is 0 Å². The molecule has 1 N–H and O–H groups in total. The van der Waals surface area contributed by atoms with E-state index in [2.05, 4.69) is 4.36 Å². The van der Waals surface area contributed by atoms with Gasteiger partial charge in [0.15, 0.2) is 6.04 Å². The number of rotatable bonds is 5. The molecule has 0 fully saturated rings. The number of hydrogen-bond acceptors (Lipinski definition) is 5. The maximum Gasteiger partial charge on any atom is 0.331 e. The Labute approximate surface area is 106 Å². The molecular formula is C11H13NO5S. The number of ketones is 1.